The summed E-state index contributed by atoms with van der Waals surface area (Å²) in [4.78, 5) is 0. The van der Waals surface area contributed by atoms with E-state index in [1.807, 2.05) is 42.5 Å². The highest BCUT2D eigenvalue weighted by Gasteiger charge is 2.21. The fourth-order valence-electron chi connectivity index (χ4n) is 3.18. The van der Waals surface area contributed by atoms with Gasteiger partial charge in [0, 0.05) is 0 Å². The average Bonchev–Trinajstić information content (AvgIpc) is 2.65. The summed E-state index contributed by atoms with van der Waals surface area (Å²) >= 11 is 0. The number of hydrogen-bond acceptors (Lipinski definition) is 1. The molecule has 140 valence electrons. The Hall–Kier alpha value is -2.68. The van der Waals surface area contributed by atoms with Crippen molar-refractivity contribution in [1.82, 2.24) is 0 Å². The third-order valence-corrected chi connectivity index (χ3v) is 4.85. The van der Waals surface area contributed by atoms with Crippen LogP contribution in [0.15, 0.2) is 72.8 Å². The molecule has 0 N–H and O–H groups in total. The predicted octanol–water partition coefficient (Wildman–Crippen LogP) is 7.06. The fraction of sp³-hybridized carbons (Fsp3) is 0.250. The third kappa shape index (κ3) is 5.16. The minimum Gasteiger partial charge on any atom is -0.457 e. The lowest BCUT2D eigenvalue weighted by Crippen LogP contribution is -2.17. The Morgan fingerprint density at radius 1 is 0.778 bits per heavy atom. The van der Waals surface area contributed by atoms with Crippen molar-refractivity contribution in [3.63, 3.8) is 0 Å². The molecule has 0 aromatic heterocycles. The summed E-state index contributed by atoms with van der Waals surface area (Å²) in [5.41, 5.74) is 1.80. The van der Waals surface area contributed by atoms with Crippen molar-refractivity contribution in [2.45, 2.75) is 38.5 Å². The summed E-state index contributed by atoms with van der Waals surface area (Å²) in [5.74, 6) is 0.0452. The number of rotatable bonds is 7. The van der Waals surface area contributed by atoms with Gasteiger partial charge < -0.3 is 4.74 Å². The molecule has 0 radical (unpaired) electrons. The Morgan fingerprint density at radius 3 is 2.26 bits per heavy atom. The normalized spacial score (nSPS) is 11.4. The molecule has 0 saturated carbocycles. The summed E-state index contributed by atoms with van der Waals surface area (Å²) in [5, 5.41) is 0. The van der Waals surface area contributed by atoms with Gasteiger partial charge in [-0.05, 0) is 72.2 Å². The zero-order valence-corrected chi connectivity index (χ0v) is 15.7. The maximum Gasteiger partial charge on any atom is 0.159 e. The zero-order valence-electron chi connectivity index (χ0n) is 15.7. The topological polar surface area (TPSA) is 9.23 Å². The number of aryl methyl sites for hydroxylation is 1. The van der Waals surface area contributed by atoms with Gasteiger partial charge in [-0.25, -0.2) is 8.78 Å². The van der Waals surface area contributed by atoms with Crippen molar-refractivity contribution in [1.29, 1.82) is 0 Å². The van der Waals surface area contributed by atoms with Gasteiger partial charge in [0.1, 0.15) is 11.5 Å². The van der Waals surface area contributed by atoms with Crippen molar-refractivity contribution in [3.05, 3.63) is 95.6 Å². The van der Waals surface area contributed by atoms with E-state index in [2.05, 4.69) is 26.0 Å². The first-order valence-corrected chi connectivity index (χ1v) is 9.21. The van der Waals surface area contributed by atoms with E-state index >= 15 is 0 Å². The lowest BCUT2D eigenvalue weighted by molar-refractivity contribution is 0.449. The Balaban J connectivity index is 1.59. The van der Waals surface area contributed by atoms with Gasteiger partial charge in [0.25, 0.3) is 0 Å². The molecule has 1 nitrogen and oxygen atoms in total. The highest BCUT2D eigenvalue weighted by Crippen LogP contribution is 2.30. The predicted molar refractivity (Wildman–Crippen MR) is 105 cm³/mol. The van der Waals surface area contributed by atoms with E-state index in [1.165, 1.54) is 17.7 Å². The van der Waals surface area contributed by atoms with Crippen LogP contribution < -0.4 is 4.74 Å². The quantitative estimate of drug-likeness (QED) is 0.435. The second-order valence-electron chi connectivity index (χ2n) is 7.43. The molecule has 0 aliphatic carbocycles. The highest BCUT2D eigenvalue weighted by atomic mass is 19.2. The Morgan fingerprint density at radius 2 is 1.52 bits per heavy atom. The molecule has 3 aromatic carbocycles. The highest BCUT2D eigenvalue weighted by molar-refractivity contribution is 5.34. The van der Waals surface area contributed by atoms with Gasteiger partial charge in [-0.2, -0.15) is 0 Å². The number of para-hydroxylation sites is 1. The molecule has 3 heteroatoms. The molecule has 3 aromatic rings. The Bertz CT molecular complexity index is 888. The molecule has 0 bridgehead atoms. The molecular formula is C24H24F2O. The summed E-state index contributed by atoms with van der Waals surface area (Å²) in [7, 11) is 0. The van der Waals surface area contributed by atoms with Gasteiger partial charge in [0.15, 0.2) is 11.6 Å². The number of benzene rings is 3. The Kier molecular flexibility index (Phi) is 5.90. The molecule has 0 unspecified atom stereocenters. The molecule has 0 amide bonds. The van der Waals surface area contributed by atoms with E-state index in [9.17, 15) is 8.78 Å². The van der Waals surface area contributed by atoms with Gasteiger partial charge in [-0.3, -0.25) is 0 Å². The first-order chi connectivity index (χ1) is 12.9. The van der Waals surface area contributed by atoms with Crippen LogP contribution in [0.3, 0.4) is 0 Å². The lowest BCUT2D eigenvalue weighted by Gasteiger charge is -2.25. The van der Waals surface area contributed by atoms with Crippen LogP contribution in [-0.4, -0.2) is 0 Å². The first-order valence-electron chi connectivity index (χ1n) is 9.21. The van der Waals surface area contributed by atoms with Crippen LogP contribution >= 0.6 is 0 Å². The molecule has 0 heterocycles. The summed E-state index contributed by atoms with van der Waals surface area (Å²) < 4.78 is 32.6. The van der Waals surface area contributed by atoms with E-state index < -0.39 is 11.6 Å². The Labute approximate surface area is 159 Å². The summed E-state index contributed by atoms with van der Waals surface area (Å²) in [6, 6.07) is 22.0. The van der Waals surface area contributed by atoms with E-state index in [0.717, 1.165) is 36.3 Å². The monoisotopic (exact) mass is 366 g/mol. The number of hydrogen-bond donors (Lipinski definition) is 0. The standard InChI is InChI=1S/C24H24F2O/c1-24(2,19-13-14-22(25)23(26)17-19)15-7-9-18-8-6-12-21(16-18)27-20-10-4-3-5-11-20/h3-6,8,10-14,16-17H,7,9,15H2,1-2H3. The first kappa shape index (κ1) is 19.1. The van der Waals surface area contributed by atoms with Crippen LogP contribution in [0.25, 0.3) is 0 Å². The van der Waals surface area contributed by atoms with Gasteiger partial charge in [-0.15, -0.1) is 0 Å². The van der Waals surface area contributed by atoms with Crippen molar-refractivity contribution in [2.24, 2.45) is 0 Å². The largest absolute Gasteiger partial charge is 0.457 e. The minimum atomic E-state index is -0.801. The summed E-state index contributed by atoms with van der Waals surface area (Å²) in [6.07, 6.45) is 2.72. The second kappa shape index (κ2) is 8.34. The molecule has 0 fully saturated rings. The van der Waals surface area contributed by atoms with Crippen LogP contribution in [0.4, 0.5) is 8.78 Å². The maximum atomic E-state index is 13.5. The van der Waals surface area contributed by atoms with E-state index in [-0.39, 0.29) is 5.41 Å². The average molecular weight is 366 g/mol. The molecule has 27 heavy (non-hydrogen) atoms. The van der Waals surface area contributed by atoms with E-state index in [0.29, 0.717) is 0 Å². The lowest BCUT2D eigenvalue weighted by atomic mass is 9.80. The van der Waals surface area contributed by atoms with Crippen LogP contribution in [0.5, 0.6) is 11.5 Å². The van der Waals surface area contributed by atoms with Gasteiger partial charge in [0.2, 0.25) is 0 Å². The van der Waals surface area contributed by atoms with E-state index in [4.69, 9.17) is 4.74 Å². The molecule has 0 aliphatic heterocycles. The van der Waals surface area contributed by atoms with Crippen molar-refractivity contribution in [2.75, 3.05) is 0 Å². The maximum absolute atomic E-state index is 13.5. The van der Waals surface area contributed by atoms with Crippen LogP contribution in [0.1, 0.15) is 37.8 Å². The molecular weight excluding hydrogens is 342 g/mol. The number of ether oxygens (including phenoxy) is 1. The summed E-state index contributed by atoms with van der Waals surface area (Å²) in [6.45, 7) is 4.13. The zero-order chi connectivity index (χ0) is 19.3. The van der Waals surface area contributed by atoms with Crippen LogP contribution in [0, 0.1) is 11.6 Å². The molecule has 0 spiro atoms. The van der Waals surface area contributed by atoms with Gasteiger partial charge in [0.05, 0.1) is 0 Å². The van der Waals surface area contributed by atoms with Crippen LogP contribution in [-0.2, 0) is 11.8 Å². The SMILES string of the molecule is CC(C)(CCCc1cccc(Oc2ccccc2)c1)c1ccc(F)c(F)c1. The molecule has 0 aliphatic rings. The third-order valence-electron chi connectivity index (χ3n) is 4.85. The van der Waals surface area contributed by atoms with Gasteiger partial charge >= 0.3 is 0 Å². The van der Waals surface area contributed by atoms with E-state index in [1.54, 1.807) is 6.07 Å². The minimum absolute atomic E-state index is 0.216. The smallest absolute Gasteiger partial charge is 0.159 e. The fourth-order valence-corrected chi connectivity index (χ4v) is 3.18. The second-order valence-corrected chi connectivity index (χ2v) is 7.43. The van der Waals surface area contributed by atoms with Gasteiger partial charge in [-0.1, -0.05) is 50.2 Å². The molecule has 3 rings (SSSR count). The molecule has 0 saturated heterocycles. The number of halogens is 2. The van der Waals surface area contributed by atoms with Crippen molar-refractivity contribution in [3.8, 4) is 11.5 Å². The van der Waals surface area contributed by atoms with Crippen LogP contribution in [0.2, 0.25) is 0 Å². The van der Waals surface area contributed by atoms with Crippen molar-refractivity contribution < 1.29 is 13.5 Å². The molecule has 0 atom stereocenters. The van der Waals surface area contributed by atoms with Crippen molar-refractivity contribution >= 4 is 0 Å².